The molecular formula is C10H11NO2. The van der Waals surface area contributed by atoms with Gasteiger partial charge in [-0.1, -0.05) is 30.3 Å². The summed E-state index contributed by atoms with van der Waals surface area (Å²) in [6, 6.07) is 9.32. The minimum atomic E-state index is -0.380. The van der Waals surface area contributed by atoms with Crippen LogP contribution in [0.15, 0.2) is 30.3 Å². The maximum Gasteiger partial charge on any atom is 0.223 e. The lowest BCUT2D eigenvalue weighted by molar-refractivity contribution is -0.499. The molecule has 0 bridgehead atoms. The van der Waals surface area contributed by atoms with Crippen LogP contribution >= 0.6 is 0 Å². The summed E-state index contributed by atoms with van der Waals surface area (Å²) in [4.78, 5) is 10.4. The highest BCUT2D eigenvalue weighted by Crippen LogP contribution is 2.49. The molecule has 0 amide bonds. The number of rotatable bonds is 2. The molecule has 1 aromatic carbocycles. The second-order valence-corrected chi connectivity index (χ2v) is 3.79. The molecule has 1 aliphatic carbocycles. The SMILES string of the molecule is C[C@@]1(c2ccccc2)C[C@H]1[N+](=O)[O-]. The Bertz CT molecular complexity index is 336. The van der Waals surface area contributed by atoms with Crippen LogP contribution in [0.3, 0.4) is 0 Å². The molecule has 0 saturated heterocycles. The zero-order chi connectivity index (χ0) is 9.47. The molecule has 0 heterocycles. The second kappa shape index (κ2) is 2.55. The van der Waals surface area contributed by atoms with E-state index in [1.54, 1.807) is 0 Å². The Morgan fingerprint density at radius 2 is 2.08 bits per heavy atom. The van der Waals surface area contributed by atoms with Gasteiger partial charge in [0.1, 0.15) is 0 Å². The van der Waals surface area contributed by atoms with Crippen LogP contribution in [0, 0.1) is 10.1 Å². The third kappa shape index (κ3) is 1.20. The van der Waals surface area contributed by atoms with Gasteiger partial charge in [-0.05, 0) is 12.5 Å². The Morgan fingerprint density at radius 3 is 2.54 bits per heavy atom. The maximum absolute atomic E-state index is 10.6. The number of hydrogen-bond acceptors (Lipinski definition) is 2. The second-order valence-electron chi connectivity index (χ2n) is 3.79. The largest absolute Gasteiger partial charge is 0.264 e. The van der Waals surface area contributed by atoms with Crippen LogP contribution in [0.25, 0.3) is 0 Å². The molecule has 1 saturated carbocycles. The van der Waals surface area contributed by atoms with Crippen molar-refractivity contribution in [2.24, 2.45) is 0 Å². The Hall–Kier alpha value is -1.38. The van der Waals surface area contributed by atoms with Crippen molar-refractivity contribution in [3.8, 4) is 0 Å². The molecule has 2 rings (SSSR count). The Morgan fingerprint density at radius 1 is 1.46 bits per heavy atom. The van der Waals surface area contributed by atoms with E-state index >= 15 is 0 Å². The Balaban J connectivity index is 2.25. The zero-order valence-electron chi connectivity index (χ0n) is 7.43. The van der Waals surface area contributed by atoms with Gasteiger partial charge in [0.15, 0.2) is 0 Å². The van der Waals surface area contributed by atoms with Crippen LogP contribution in [0.1, 0.15) is 18.9 Å². The first kappa shape index (κ1) is 8.23. The lowest BCUT2D eigenvalue weighted by Gasteiger charge is -2.06. The standard InChI is InChI=1S/C10H11NO2/c1-10(7-9(10)11(12)13)8-5-3-2-4-6-8/h2-6,9H,7H2,1H3/t9-,10+/m1/s1. The normalized spacial score (nSPS) is 31.3. The van der Waals surface area contributed by atoms with Crippen molar-refractivity contribution in [3.63, 3.8) is 0 Å². The molecular weight excluding hydrogens is 166 g/mol. The summed E-state index contributed by atoms with van der Waals surface area (Å²) in [5.41, 5.74) is 0.863. The first-order valence-electron chi connectivity index (χ1n) is 4.33. The van der Waals surface area contributed by atoms with E-state index in [1.807, 2.05) is 37.3 Å². The third-order valence-electron chi connectivity index (χ3n) is 2.88. The highest BCUT2D eigenvalue weighted by molar-refractivity contribution is 5.33. The predicted molar refractivity (Wildman–Crippen MR) is 49.2 cm³/mol. The molecule has 1 aromatic rings. The molecule has 13 heavy (non-hydrogen) atoms. The minimum absolute atomic E-state index is 0.174. The van der Waals surface area contributed by atoms with Crippen LogP contribution < -0.4 is 0 Å². The summed E-state index contributed by atoms with van der Waals surface area (Å²) in [6.45, 7) is 1.95. The van der Waals surface area contributed by atoms with E-state index in [0.29, 0.717) is 6.42 Å². The van der Waals surface area contributed by atoms with Gasteiger partial charge < -0.3 is 0 Å². The molecule has 0 unspecified atom stereocenters. The van der Waals surface area contributed by atoms with Gasteiger partial charge in [0.05, 0.1) is 5.41 Å². The quantitative estimate of drug-likeness (QED) is 0.512. The Labute approximate surface area is 76.5 Å². The van der Waals surface area contributed by atoms with Crippen LogP contribution in [0.4, 0.5) is 0 Å². The van der Waals surface area contributed by atoms with Gasteiger partial charge in [0, 0.05) is 11.3 Å². The van der Waals surface area contributed by atoms with Crippen LogP contribution in [0.5, 0.6) is 0 Å². The third-order valence-corrected chi connectivity index (χ3v) is 2.88. The molecule has 2 atom stereocenters. The van der Waals surface area contributed by atoms with Gasteiger partial charge in [-0.3, -0.25) is 10.1 Å². The summed E-state index contributed by atoms with van der Waals surface area (Å²) in [5.74, 6) is 0. The van der Waals surface area contributed by atoms with Crippen molar-refractivity contribution in [1.29, 1.82) is 0 Å². The van der Waals surface area contributed by atoms with Crippen LogP contribution in [-0.2, 0) is 5.41 Å². The van der Waals surface area contributed by atoms with Gasteiger partial charge in [-0.15, -0.1) is 0 Å². The van der Waals surface area contributed by atoms with Gasteiger partial charge in [-0.25, -0.2) is 0 Å². The van der Waals surface area contributed by atoms with E-state index in [1.165, 1.54) is 0 Å². The highest BCUT2D eigenvalue weighted by atomic mass is 16.6. The number of nitrogens with zero attached hydrogens (tertiary/aromatic N) is 1. The summed E-state index contributed by atoms with van der Waals surface area (Å²) >= 11 is 0. The van der Waals surface area contributed by atoms with Gasteiger partial charge in [0.2, 0.25) is 6.04 Å². The lowest BCUT2D eigenvalue weighted by Crippen LogP contribution is -2.14. The average molecular weight is 177 g/mol. The number of hydrogen-bond donors (Lipinski definition) is 0. The van der Waals surface area contributed by atoms with Crippen molar-refractivity contribution in [1.82, 2.24) is 0 Å². The fourth-order valence-electron chi connectivity index (χ4n) is 1.78. The lowest BCUT2D eigenvalue weighted by atomic mass is 9.98. The van der Waals surface area contributed by atoms with Gasteiger partial charge in [-0.2, -0.15) is 0 Å². The van der Waals surface area contributed by atoms with Crippen molar-refractivity contribution in [2.45, 2.75) is 24.8 Å². The Kier molecular flexibility index (Phi) is 1.62. The van der Waals surface area contributed by atoms with Crippen LogP contribution in [-0.4, -0.2) is 11.0 Å². The maximum atomic E-state index is 10.6. The highest BCUT2D eigenvalue weighted by Gasteiger charge is 2.61. The summed E-state index contributed by atoms with van der Waals surface area (Å²) in [6.07, 6.45) is 0.671. The van der Waals surface area contributed by atoms with Gasteiger partial charge >= 0.3 is 0 Å². The molecule has 3 heteroatoms. The fraction of sp³-hybridized carbons (Fsp3) is 0.400. The van der Waals surface area contributed by atoms with Crippen LogP contribution in [0.2, 0.25) is 0 Å². The zero-order valence-corrected chi connectivity index (χ0v) is 7.43. The monoisotopic (exact) mass is 177 g/mol. The average Bonchev–Trinajstić information content (AvgIpc) is 2.82. The molecule has 0 radical (unpaired) electrons. The van der Waals surface area contributed by atoms with Crippen molar-refractivity contribution < 1.29 is 4.92 Å². The molecule has 1 aliphatic rings. The van der Waals surface area contributed by atoms with E-state index in [0.717, 1.165) is 5.56 Å². The fourth-order valence-corrected chi connectivity index (χ4v) is 1.78. The molecule has 1 fully saturated rings. The van der Waals surface area contributed by atoms with E-state index in [2.05, 4.69) is 0 Å². The number of benzene rings is 1. The van der Waals surface area contributed by atoms with Crippen molar-refractivity contribution in [3.05, 3.63) is 46.0 Å². The molecule has 3 nitrogen and oxygen atoms in total. The molecule has 0 spiro atoms. The van der Waals surface area contributed by atoms with Gasteiger partial charge in [0.25, 0.3) is 0 Å². The minimum Gasteiger partial charge on any atom is -0.264 e. The summed E-state index contributed by atoms with van der Waals surface area (Å²) < 4.78 is 0. The molecule has 0 aromatic heterocycles. The van der Waals surface area contributed by atoms with E-state index in [9.17, 15) is 10.1 Å². The number of nitro groups is 1. The van der Waals surface area contributed by atoms with E-state index < -0.39 is 0 Å². The topological polar surface area (TPSA) is 43.1 Å². The van der Waals surface area contributed by atoms with E-state index in [4.69, 9.17) is 0 Å². The van der Waals surface area contributed by atoms with Crippen molar-refractivity contribution >= 4 is 0 Å². The summed E-state index contributed by atoms with van der Waals surface area (Å²) in [7, 11) is 0. The first-order chi connectivity index (χ1) is 6.14. The predicted octanol–water partition coefficient (Wildman–Crippen LogP) is 1.99. The molecule has 68 valence electrons. The summed E-state index contributed by atoms with van der Waals surface area (Å²) in [5, 5.41) is 10.6. The molecule has 0 aliphatic heterocycles. The smallest absolute Gasteiger partial charge is 0.223 e. The van der Waals surface area contributed by atoms with Crippen molar-refractivity contribution in [2.75, 3.05) is 0 Å². The molecule has 0 N–H and O–H groups in total. The van der Waals surface area contributed by atoms with E-state index in [-0.39, 0.29) is 16.4 Å². The first-order valence-corrected chi connectivity index (χ1v) is 4.33.